The number of carbonyl (C=O) groups excluding carboxylic acids is 1. The van der Waals surface area contributed by atoms with Crippen LogP contribution in [0.5, 0.6) is 0 Å². The molecule has 6 nitrogen and oxygen atoms in total. The van der Waals surface area contributed by atoms with E-state index in [2.05, 4.69) is 15.5 Å². The SMILES string of the molecule is O=C(Cn1cnnn1)N1CCC(c2ccc(F)cc2)C1. The van der Waals surface area contributed by atoms with Crippen LogP contribution in [0.15, 0.2) is 30.6 Å². The molecule has 0 aliphatic carbocycles. The van der Waals surface area contributed by atoms with Gasteiger partial charge in [-0.25, -0.2) is 9.07 Å². The van der Waals surface area contributed by atoms with Crippen LogP contribution in [0, 0.1) is 5.82 Å². The molecule has 1 saturated heterocycles. The highest BCUT2D eigenvalue weighted by Gasteiger charge is 2.27. The zero-order chi connectivity index (χ0) is 13.9. The van der Waals surface area contributed by atoms with E-state index < -0.39 is 0 Å². The highest BCUT2D eigenvalue weighted by molar-refractivity contribution is 5.76. The van der Waals surface area contributed by atoms with Gasteiger partial charge < -0.3 is 4.90 Å². The normalized spacial score (nSPS) is 18.4. The maximum atomic E-state index is 12.9. The molecule has 1 amide bonds. The topological polar surface area (TPSA) is 63.9 Å². The summed E-state index contributed by atoms with van der Waals surface area (Å²) in [5, 5.41) is 10.7. The van der Waals surface area contributed by atoms with Gasteiger partial charge in [0.15, 0.2) is 0 Å². The molecule has 1 atom stereocenters. The van der Waals surface area contributed by atoms with Crippen molar-refractivity contribution < 1.29 is 9.18 Å². The Morgan fingerprint density at radius 1 is 1.35 bits per heavy atom. The lowest BCUT2D eigenvalue weighted by Crippen LogP contribution is -2.31. The van der Waals surface area contributed by atoms with Crippen LogP contribution in [0.3, 0.4) is 0 Å². The molecule has 1 aromatic carbocycles. The summed E-state index contributed by atoms with van der Waals surface area (Å²) in [5.41, 5.74) is 1.07. The van der Waals surface area contributed by atoms with Crippen molar-refractivity contribution in [2.24, 2.45) is 0 Å². The molecular weight excluding hydrogens is 261 g/mol. The van der Waals surface area contributed by atoms with E-state index in [1.54, 1.807) is 17.0 Å². The van der Waals surface area contributed by atoms with Gasteiger partial charge in [-0.2, -0.15) is 0 Å². The van der Waals surface area contributed by atoms with Crippen molar-refractivity contribution >= 4 is 5.91 Å². The fourth-order valence-corrected chi connectivity index (χ4v) is 2.49. The molecule has 0 bridgehead atoms. The average Bonchev–Trinajstić information content (AvgIpc) is 3.10. The quantitative estimate of drug-likeness (QED) is 0.832. The number of likely N-dealkylation sites (tertiary alicyclic amines) is 1. The lowest BCUT2D eigenvalue weighted by Gasteiger charge is -2.16. The van der Waals surface area contributed by atoms with E-state index >= 15 is 0 Å². The molecule has 7 heteroatoms. The van der Waals surface area contributed by atoms with Crippen molar-refractivity contribution in [3.05, 3.63) is 42.0 Å². The van der Waals surface area contributed by atoms with Crippen LogP contribution in [0.25, 0.3) is 0 Å². The van der Waals surface area contributed by atoms with Gasteiger partial charge in [0.05, 0.1) is 0 Å². The second-order valence-electron chi connectivity index (χ2n) is 4.88. The molecule has 0 radical (unpaired) electrons. The number of tetrazole rings is 1. The van der Waals surface area contributed by atoms with Gasteiger partial charge in [0.25, 0.3) is 0 Å². The zero-order valence-corrected chi connectivity index (χ0v) is 10.8. The summed E-state index contributed by atoms with van der Waals surface area (Å²) < 4.78 is 14.3. The van der Waals surface area contributed by atoms with Gasteiger partial charge in [-0.3, -0.25) is 4.79 Å². The maximum Gasteiger partial charge on any atom is 0.244 e. The largest absolute Gasteiger partial charge is 0.340 e. The molecule has 1 aromatic heterocycles. The van der Waals surface area contributed by atoms with Gasteiger partial charge in [-0.1, -0.05) is 12.1 Å². The smallest absolute Gasteiger partial charge is 0.244 e. The highest BCUT2D eigenvalue weighted by atomic mass is 19.1. The van der Waals surface area contributed by atoms with Crippen molar-refractivity contribution in [1.29, 1.82) is 0 Å². The number of amides is 1. The van der Waals surface area contributed by atoms with Crippen molar-refractivity contribution in [2.75, 3.05) is 13.1 Å². The zero-order valence-electron chi connectivity index (χ0n) is 10.8. The van der Waals surface area contributed by atoms with Crippen LogP contribution < -0.4 is 0 Å². The number of benzene rings is 1. The summed E-state index contributed by atoms with van der Waals surface area (Å²) in [5.74, 6) is 0.0358. The Morgan fingerprint density at radius 3 is 2.85 bits per heavy atom. The highest BCUT2D eigenvalue weighted by Crippen LogP contribution is 2.27. The van der Waals surface area contributed by atoms with Crippen LogP contribution >= 0.6 is 0 Å². The first-order chi connectivity index (χ1) is 9.72. The third-order valence-corrected chi connectivity index (χ3v) is 3.57. The lowest BCUT2D eigenvalue weighted by molar-refractivity contribution is -0.131. The summed E-state index contributed by atoms with van der Waals surface area (Å²) in [7, 11) is 0. The first-order valence-corrected chi connectivity index (χ1v) is 6.46. The number of halogens is 1. The van der Waals surface area contributed by atoms with Crippen molar-refractivity contribution in [3.63, 3.8) is 0 Å². The Hall–Kier alpha value is -2.31. The van der Waals surface area contributed by atoms with Gasteiger partial charge in [-0.15, -0.1) is 5.10 Å². The predicted molar refractivity (Wildman–Crippen MR) is 68.2 cm³/mol. The number of carbonyl (C=O) groups is 1. The molecule has 3 rings (SSSR count). The first kappa shape index (κ1) is 12.7. The fourth-order valence-electron chi connectivity index (χ4n) is 2.49. The number of hydrogen-bond donors (Lipinski definition) is 0. The fraction of sp³-hybridized carbons (Fsp3) is 0.385. The second kappa shape index (κ2) is 5.36. The molecule has 0 N–H and O–H groups in total. The molecule has 1 aliphatic rings. The van der Waals surface area contributed by atoms with Crippen molar-refractivity contribution in [3.8, 4) is 0 Å². The van der Waals surface area contributed by atoms with E-state index in [9.17, 15) is 9.18 Å². The van der Waals surface area contributed by atoms with E-state index in [0.717, 1.165) is 12.0 Å². The number of hydrogen-bond acceptors (Lipinski definition) is 4. The Labute approximate surface area is 115 Å². The lowest BCUT2D eigenvalue weighted by atomic mass is 9.99. The van der Waals surface area contributed by atoms with E-state index in [1.165, 1.54) is 23.1 Å². The Bertz CT molecular complexity index is 583. The van der Waals surface area contributed by atoms with Gasteiger partial charge in [0.2, 0.25) is 5.91 Å². The van der Waals surface area contributed by atoms with E-state index in [4.69, 9.17) is 0 Å². The Balaban J connectivity index is 1.61. The molecular formula is C13H14FN5O. The van der Waals surface area contributed by atoms with Crippen molar-refractivity contribution in [2.45, 2.75) is 18.9 Å². The monoisotopic (exact) mass is 275 g/mol. The maximum absolute atomic E-state index is 12.9. The van der Waals surface area contributed by atoms with Crippen LogP contribution in [-0.4, -0.2) is 44.1 Å². The molecule has 2 heterocycles. The van der Waals surface area contributed by atoms with Crippen LogP contribution in [0.4, 0.5) is 4.39 Å². The summed E-state index contributed by atoms with van der Waals surface area (Å²) in [6.07, 6.45) is 2.32. The Kier molecular flexibility index (Phi) is 3.41. The summed E-state index contributed by atoms with van der Waals surface area (Å²) in [4.78, 5) is 13.9. The molecule has 0 spiro atoms. The standard InChI is InChI=1S/C13H14FN5O/c14-12-3-1-10(2-4-12)11-5-6-18(7-11)13(20)8-19-9-15-16-17-19/h1-4,9,11H,5-8H2. The third kappa shape index (κ3) is 2.66. The summed E-state index contributed by atoms with van der Waals surface area (Å²) in [6, 6.07) is 6.49. The minimum atomic E-state index is -0.238. The van der Waals surface area contributed by atoms with Crippen LogP contribution in [0.2, 0.25) is 0 Å². The molecule has 1 fully saturated rings. The molecule has 1 unspecified atom stereocenters. The molecule has 20 heavy (non-hydrogen) atoms. The third-order valence-electron chi connectivity index (χ3n) is 3.57. The predicted octanol–water partition coefficient (Wildman–Crippen LogP) is 0.828. The molecule has 2 aromatic rings. The molecule has 104 valence electrons. The van der Waals surface area contributed by atoms with Crippen molar-refractivity contribution in [1.82, 2.24) is 25.1 Å². The minimum Gasteiger partial charge on any atom is -0.340 e. The van der Waals surface area contributed by atoms with Gasteiger partial charge in [0, 0.05) is 19.0 Å². The number of aromatic nitrogens is 4. The Morgan fingerprint density at radius 2 is 2.15 bits per heavy atom. The summed E-state index contributed by atoms with van der Waals surface area (Å²) in [6.45, 7) is 1.53. The van der Waals surface area contributed by atoms with Gasteiger partial charge >= 0.3 is 0 Å². The average molecular weight is 275 g/mol. The number of nitrogens with zero attached hydrogens (tertiary/aromatic N) is 5. The van der Waals surface area contributed by atoms with Crippen LogP contribution in [-0.2, 0) is 11.3 Å². The van der Waals surface area contributed by atoms with E-state index in [-0.39, 0.29) is 24.2 Å². The van der Waals surface area contributed by atoms with Crippen LogP contribution in [0.1, 0.15) is 17.9 Å². The first-order valence-electron chi connectivity index (χ1n) is 6.46. The van der Waals surface area contributed by atoms with E-state index in [0.29, 0.717) is 13.1 Å². The molecule has 0 saturated carbocycles. The summed E-state index contributed by atoms with van der Waals surface area (Å²) >= 11 is 0. The minimum absolute atomic E-state index is 0.00177. The van der Waals surface area contributed by atoms with Gasteiger partial charge in [-0.05, 0) is 34.5 Å². The molecule has 1 aliphatic heterocycles. The second-order valence-corrected chi connectivity index (χ2v) is 4.88. The number of rotatable bonds is 3. The van der Waals surface area contributed by atoms with E-state index in [1.807, 2.05) is 0 Å². The van der Waals surface area contributed by atoms with Gasteiger partial charge in [0.1, 0.15) is 18.7 Å².